The molecular formula is C17H22N6O3S. The predicted molar refractivity (Wildman–Crippen MR) is 101 cm³/mol. The number of carbonyl (C=O) groups is 2. The molecule has 0 radical (unpaired) electrons. The quantitative estimate of drug-likeness (QED) is 0.545. The summed E-state index contributed by atoms with van der Waals surface area (Å²) in [4.78, 5) is 24.9. The molecule has 2 aromatic rings. The Labute approximate surface area is 161 Å². The van der Waals surface area contributed by atoms with E-state index in [-0.39, 0.29) is 17.6 Å². The summed E-state index contributed by atoms with van der Waals surface area (Å²) < 4.78 is 7.43. The molecule has 1 fully saturated rings. The van der Waals surface area contributed by atoms with Crippen molar-refractivity contribution in [2.45, 2.75) is 18.6 Å². The summed E-state index contributed by atoms with van der Waals surface area (Å²) in [5, 5.41) is 9.28. The van der Waals surface area contributed by atoms with Crippen LogP contribution in [0.2, 0.25) is 0 Å². The number of rotatable bonds is 6. The van der Waals surface area contributed by atoms with Crippen molar-refractivity contribution >= 4 is 29.5 Å². The van der Waals surface area contributed by atoms with Gasteiger partial charge in [0.25, 0.3) is 0 Å². The van der Waals surface area contributed by atoms with Crippen molar-refractivity contribution in [2.24, 2.45) is 0 Å². The second-order valence-corrected chi connectivity index (χ2v) is 6.91. The van der Waals surface area contributed by atoms with Gasteiger partial charge in [0, 0.05) is 20.0 Å². The van der Waals surface area contributed by atoms with Crippen LogP contribution < -0.4 is 15.8 Å². The fourth-order valence-electron chi connectivity index (χ4n) is 2.61. The van der Waals surface area contributed by atoms with E-state index in [1.165, 1.54) is 18.7 Å². The predicted octanol–water partition coefficient (Wildman–Crippen LogP) is 0.422. The summed E-state index contributed by atoms with van der Waals surface area (Å²) in [6, 6.07) is 10.0. The van der Waals surface area contributed by atoms with E-state index in [0.717, 1.165) is 24.6 Å². The molecule has 2 N–H and O–H groups in total. The highest BCUT2D eigenvalue weighted by Gasteiger charge is 2.21. The first kappa shape index (κ1) is 19.2. The normalized spacial score (nSPS) is 14.0. The molecule has 27 heavy (non-hydrogen) atoms. The van der Waals surface area contributed by atoms with E-state index in [4.69, 9.17) is 4.74 Å². The molecule has 1 aliphatic rings. The lowest BCUT2D eigenvalue weighted by molar-refractivity contribution is -0.126. The van der Waals surface area contributed by atoms with Gasteiger partial charge in [-0.3, -0.25) is 25.0 Å². The van der Waals surface area contributed by atoms with E-state index < -0.39 is 0 Å². The van der Waals surface area contributed by atoms with E-state index >= 15 is 0 Å². The van der Waals surface area contributed by atoms with E-state index in [0.29, 0.717) is 24.9 Å². The summed E-state index contributed by atoms with van der Waals surface area (Å²) >= 11 is 1.28. The Morgan fingerprint density at radius 2 is 1.89 bits per heavy atom. The summed E-state index contributed by atoms with van der Waals surface area (Å²) in [5.74, 6) is 0.260. The van der Waals surface area contributed by atoms with Crippen molar-refractivity contribution in [3.63, 3.8) is 0 Å². The monoisotopic (exact) mass is 390 g/mol. The third kappa shape index (κ3) is 5.44. The van der Waals surface area contributed by atoms with Crippen molar-refractivity contribution in [2.75, 3.05) is 37.0 Å². The maximum Gasteiger partial charge on any atom is 0.248 e. The number of hydrogen-bond donors (Lipinski definition) is 2. The molecule has 10 heteroatoms. The van der Waals surface area contributed by atoms with Crippen molar-refractivity contribution in [3.8, 4) is 0 Å². The standard InChI is InChI=1S/C17H22N6O3S/c1-13(24)18-19-15(25)12-27-17-21-20-16(22-7-9-26-10-8-22)23(17)11-14-5-3-2-4-6-14/h2-6H,7-12H2,1H3,(H,18,24)(H,19,25). The molecule has 1 aliphatic heterocycles. The van der Waals surface area contributed by atoms with Gasteiger partial charge in [-0.2, -0.15) is 0 Å². The van der Waals surface area contributed by atoms with Gasteiger partial charge < -0.3 is 9.64 Å². The molecule has 1 aromatic heterocycles. The number of thioether (sulfide) groups is 1. The highest BCUT2D eigenvalue weighted by Crippen LogP contribution is 2.24. The first-order valence-electron chi connectivity index (χ1n) is 8.61. The zero-order valence-electron chi connectivity index (χ0n) is 15.1. The van der Waals surface area contributed by atoms with Crippen molar-refractivity contribution in [3.05, 3.63) is 35.9 Å². The Kier molecular flexibility index (Phi) is 6.66. The first-order valence-corrected chi connectivity index (χ1v) is 9.60. The van der Waals surface area contributed by atoms with Crippen LogP contribution in [0.3, 0.4) is 0 Å². The molecule has 144 valence electrons. The molecule has 0 atom stereocenters. The summed E-state index contributed by atoms with van der Waals surface area (Å²) in [7, 11) is 0. The molecule has 3 rings (SSSR count). The Morgan fingerprint density at radius 1 is 1.15 bits per heavy atom. The Balaban J connectivity index is 1.74. The molecule has 9 nitrogen and oxygen atoms in total. The topological polar surface area (TPSA) is 101 Å². The number of hydrogen-bond acceptors (Lipinski definition) is 7. The Morgan fingerprint density at radius 3 is 2.59 bits per heavy atom. The van der Waals surface area contributed by atoms with Gasteiger partial charge in [0.15, 0.2) is 5.16 Å². The number of aromatic nitrogens is 3. The number of nitrogens with one attached hydrogen (secondary N) is 2. The lowest BCUT2D eigenvalue weighted by Gasteiger charge is -2.28. The summed E-state index contributed by atoms with van der Waals surface area (Å²) in [5.41, 5.74) is 5.75. The summed E-state index contributed by atoms with van der Waals surface area (Å²) in [6.07, 6.45) is 0. The average molecular weight is 390 g/mol. The van der Waals surface area contributed by atoms with Crippen molar-refractivity contribution in [1.29, 1.82) is 0 Å². The van der Waals surface area contributed by atoms with Crippen LogP contribution in [-0.4, -0.2) is 58.6 Å². The van der Waals surface area contributed by atoms with Gasteiger partial charge in [-0.1, -0.05) is 42.1 Å². The SMILES string of the molecule is CC(=O)NNC(=O)CSc1nnc(N2CCOCC2)n1Cc1ccccc1. The summed E-state index contributed by atoms with van der Waals surface area (Å²) in [6.45, 7) is 4.75. The van der Waals surface area contributed by atoms with Crippen LogP contribution in [0.1, 0.15) is 12.5 Å². The van der Waals surface area contributed by atoms with Gasteiger partial charge in [-0.15, -0.1) is 10.2 Å². The second-order valence-electron chi connectivity index (χ2n) is 5.97. The van der Waals surface area contributed by atoms with Gasteiger partial charge in [0.05, 0.1) is 25.5 Å². The first-order chi connectivity index (χ1) is 13.1. The highest BCUT2D eigenvalue weighted by atomic mass is 32.2. The van der Waals surface area contributed by atoms with Gasteiger partial charge in [-0.05, 0) is 5.56 Å². The lowest BCUT2D eigenvalue weighted by atomic mass is 10.2. The number of ether oxygens (including phenoxy) is 1. The molecule has 0 aliphatic carbocycles. The van der Waals surface area contributed by atoms with Crippen LogP contribution in [0, 0.1) is 0 Å². The highest BCUT2D eigenvalue weighted by molar-refractivity contribution is 7.99. The number of carbonyl (C=O) groups excluding carboxylic acids is 2. The average Bonchev–Trinajstić information content (AvgIpc) is 3.08. The van der Waals surface area contributed by atoms with E-state index in [2.05, 4.69) is 25.9 Å². The second kappa shape index (κ2) is 9.38. The van der Waals surface area contributed by atoms with Crippen LogP contribution >= 0.6 is 11.8 Å². The smallest absolute Gasteiger partial charge is 0.248 e. The number of morpholine rings is 1. The zero-order chi connectivity index (χ0) is 19.1. The number of amides is 2. The van der Waals surface area contributed by atoms with Crippen LogP contribution in [0.4, 0.5) is 5.95 Å². The van der Waals surface area contributed by atoms with Crippen LogP contribution in [0.5, 0.6) is 0 Å². The molecule has 0 bridgehead atoms. The van der Waals surface area contributed by atoms with Crippen LogP contribution in [-0.2, 0) is 20.9 Å². The van der Waals surface area contributed by atoms with Crippen molar-refractivity contribution in [1.82, 2.24) is 25.6 Å². The minimum absolute atomic E-state index is 0.121. The zero-order valence-corrected chi connectivity index (χ0v) is 15.9. The lowest BCUT2D eigenvalue weighted by Crippen LogP contribution is -2.41. The molecule has 0 saturated carbocycles. The van der Waals surface area contributed by atoms with E-state index in [1.54, 1.807) is 0 Å². The maximum absolute atomic E-state index is 11.9. The van der Waals surface area contributed by atoms with Gasteiger partial charge in [0.1, 0.15) is 0 Å². The molecule has 1 saturated heterocycles. The van der Waals surface area contributed by atoms with Crippen molar-refractivity contribution < 1.29 is 14.3 Å². The number of benzene rings is 1. The third-order valence-electron chi connectivity index (χ3n) is 3.89. The minimum atomic E-state index is -0.324. The van der Waals surface area contributed by atoms with Gasteiger partial charge in [-0.25, -0.2) is 0 Å². The fraction of sp³-hybridized carbons (Fsp3) is 0.412. The largest absolute Gasteiger partial charge is 0.378 e. The molecular weight excluding hydrogens is 368 g/mol. The van der Waals surface area contributed by atoms with Crippen LogP contribution in [0.15, 0.2) is 35.5 Å². The molecule has 0 spiro atoms. The Hall–Kier alpha value is -2.59. The van der Waals surface area contributed by atoms with Gasteiger partial charge >= 0.3 is 0 Å². The Bertz CT molecular complexity index is 776. The minimum Gasteiger partial charge on any atom is -0.378 e. The van der Waals surface area contributed by atoms with E-state index in [9.17, 15) is 9.59 Å². The third-order valence-corrected chi connectivity index (χ3v) is 4.85. The van der Waals surface area contributed by atoms with Gasteiger partial charge in [0.2, 0.25) is 17.8 Å². The molecule has 1 aromatic carbocycles. The number of hydrazine groups is 1. The van der Waals surface area contributed by atoms with Crippen LogP contribution in [0.25, 0.3) is 0 Å². The molecule has 2 amide bonds. The number of nitrogens with zero attached hydrogens (tertiary/aromatic N) is 4. The molecule has 2 heterocycles. The van der Waals surface area contributed by atoms with E-state index in [1.807, 2.05) is 34.9 Å². The molecule has 0 unspecified atom stereocenters. The maximum atomic E-state index is 11.9. The fourth-order valence-corrected chi connectivity index (χ4v) is 3.35. The number of anilines is 1.